The molecule has 0 amide bonds. The van der Waals surface area contributed by atoms with Gasteiger partial charge in [-0.2, -0.15) is 0 Å². The highest BCUT2D eigenvalue weighted by molar-refractivity contribution is 6.14. The van der Waals surface area contributed by atoms with Crippen LogP contribution >= 0.6 is 0 Å². The summed E-state index contributed by atoms with van der Waals surface area (Å²) in [6.07, 6.45) is 2.82. The van der Waals surface area contributed by atoms with Crippen molar-refractivity contribution >= 4 is 22.5 Å². The molecule has 4 rings (SSSR count). The standard InChI is InChI=1S/C23H18O7/c1-26-20-7-5-14(10-22(20)27-2)18(24)13-29-15-6-8-19-16(11-15)17(12-30-19)23(25)21-4-3-9-28-21/h3-12H,13H2,1-2H3. The average molecular weight is 406 g/mol. The van der Waals surface area contributed by atoms with E-state index < -0.39 is 0 Å². The molecule has 7 heteroatoms. The van der Waals surface area contributed by atoms with Gasteiger partial charge in [0, 0.05) is 10.9 Å². The molecular weight excluding hydrogens is 388 g/mol. The van der Waals surface area contributed by atoms with Crippen molar-refractivity contribution in [3.63, 3.8) is 0 Å². The van der Waals surface area contributed by atoms with Crippen LogP contribution in [0.5, 0.6) is 17.2 Å². The number of fused-ring (bicyclic) bond motifs is 1. The molecule has 0 saturated carbocycles. The van der Waals surface area contributed by atoms with Crippen molar-refractivity contribution in [3.05, 3.63) is 77.9 Å². The molecule has 7 nitrogen and oxygen atoms in total. The Morgan fingerprint density at radius 3 is 2.50 bits per heavy atom. The molecule has 0 radical (unpaired) electrons. The summed E-state index contributed by atoms with van der Waals surface area (Å²) in [7, 11) is 3.03. The molecule has 2 aromatic heterocycles. The van der Waals surface area contributed by atoms with Gasteiger partial charge in [-0.15, -0.1) is 0 Å². The van der Waals surface area contributed by atoms with Crippen LogP contribution in [-0.2, 0) is 0 Å². The van der Waals surface area contributed by atoms with Gasteiger partial charge in [0.05, 0.1) is 26.0 Å². The molecule has 0 unspecified atom stereocenters. The first-order valence-corrected chi connectivity index (χ1v) is 9.08. The van der Waals surface area contributed by atoms with Gasteiger partial charge in [0.25, 0.3) is 0 Å². The van der Waals surface area contributed by atoms with E-state index in [9.17, 15) is 9.59 Å². The maximum absolute atomic E-state index is 12.6. The van der Waals surface area contributed by atoms with Gasteiger partial charge in [0.15, 0.2) is 29.6 Å². The van der Waals surface area contributed by atoms with Gasteiger partial charge in [-0.05, 0) is 48.5 Å². The minimum absolute atomic E-state index is 0.180. The van der Waals surface area contributed by atoms with Crippen LogP contribution in [0, 0.1) is 0 Å². The smallest absolute Gasteiger partial charge is 0.232 e. The van der Waals surface area contributed by atoms with Crippen molar-refractivity contribution in [2.24, 2.45) is 0 Å². The lowest BCUT2D eigenvalue weighted by Crippen LogP contribution is -2.12. The predicted octanol–water partition coefficient (Wildman–Crippen LogP) is 4.54. The number of benzene rings is 2. The Balaban J connectivity index is 1.52. The number of hydrogen-bond donors (Lipinski definition) is 0. The van der Waals surface area contributed by atoms with E-state index in [-0.39, 0.29) is 23.9 Å². The zero-order valence-electron chi connectivity index (χ0n) is 16.3. The summed E-state index contributed by atoms with van der Waals surface area (Å²) in [6, 6.07) is 13.2. The molecule has 0 fully saturated rings. The molecule has 0 N–H and O–H groups in total. The number of rotatable bonds is 8. The quantitative estimate of drug-likeness (QED) is 0.397. The first-order chi connectivity index (χ1) is 14.6. The Hall–Kier alpha value is -4.00. The van der Waals surface area contributed by atoms with Crippen LogP contribution in [0.1, 0.15) is 26.5 Å². The summed E-state index contributed by atoms with van der Waals surface area (Å²) in [4.78, 5) is 25.1. The van der Waals surface area contributed by atoms with E-state index >= 15 is 0 Å². The lowest BCUT2D eigenvalue weighted by molar-refractivity contribution is 0.0920. The fourth-order valence-corrected chi connectivity index (χ4v) is 3.06. The predicted molar refractivity (Wildman–Crippen MR) is 108 cm³/mol. The number of hydrogen-bond acceptors (Lipinski definition) is 7. The summed E-state index contributed by atoms with van der Waals surface area (Å²) in [6.45, 7) is -0.180. The minimum Gasteiger partial charge on any atom is -0.493 e. The van der Waals surface area contributed by atoms with Crippen LogP contribution in [-0.4, -0.2) is 32.4 Å². The maximum Gasteiger partial charge on any atom is 0.232 e. The molecule has 0 bridgehead atoms. The Bertz CT molecular complexity index is 1200. The van der Waals surface area contributed by atoms with Crippen LogP contribution in [0.4, 0.5) is 0 Å². The summed E-state index contributed by atoms with van der Waals surface area (Å²) >= 11 is 0. The molecule has 0 aliphatic carbocycles. The van der Waals surface area contributed by atoms with E-state index in [1.807, 2.05) is 0 Å². The van der Waals surface area contributed by atoms with Crippen LogP contribution < -0.4 is 14.2 Å². The van der Waals surface area contributed by atoms with Crippen molar-refractivity contribution < 1.29 is 32.6 Å². The Morgan fingerprint density at radius 1 is 0.933 bits per heavy atom. The fourth-order valence-electron chi connectivity index (χ4n) is 3.06. The summed E-state index contributed by atoms with van der Waals surface area (Å²) in [5.41, 5.74) is 1.32. The van der Waals surface area contributed by atoms with E-state index in [0.29, 0.717) is 39.3 Å². The molecule has 0 aliphatic rings. The highest BCUT2D eigenvalue weighted by Gasteiger charge is 2.19. The topological polar surface area (TPSA) is 88.1 Å². The summed E-state index contributed by atoms with van der Waals surface area (Å²) < 4.78 is 26.7. The normalized spacial score (nSPS) is 10.7. The lowest BCUT2D eigenvalue weighted by atomic mass is 10.1. The van der Waals surface area contributed by atoms with Crippen molar-refractivity contribution in [3.8, 4) is 17.2 Å². The first kappa shape index (κ1) is 19.3. The number of ketones is 2. The molecule has 30 heavy (non-hydrogen) atoms. The van der Waals surface area contributed by atoms with Gasteiger partial charge >= 0.3 is 0 Å². The maximum atomic E-state index is 12.6. The first-order valence-electron chi connectivity index (χ1n) is 9.08. The van der Waals surface area contributed by atoms with Gasteiger partial charge in [-0.25, -0.2) is 0 Å². The van der Waals surface area contributed by atoms with Gasteiger partial charge in [-0.3, -0.25) is 9.59 Å². The number of methoxy groups -OCH3 is 2. The number of ether oxygens (including phenoxy) is 3. The highest BCUT2D eigenvalue weighted by atomic mass is 16.5. The van der Waals surface area contributed by atoms with Crippen LogP contribution in [0.3, 0.4) is 0 Å². The Labute approximate surface area is 171 Å². The number of carbonyl (C=O) groups excluding carboxylic acids is 2. The van der Waals surface area contributed by atoms with Crippen LogP contribution in [0.2, 0.25) is 0 Å². The zero-order chi connectivity index (χ0) is 21.1. The van der Waals surface area contributed by atoms with E-state index in [1.54, 1.807) is 48.5 Å². The Morgan fingerprint density at radius 2 is 1.77 bits per heavy atom. The molecule has 0 aliphatic heterocycles. The largest absolute Gasteiger partial charge is 0.493 e. The number of Topliss-reactive ketones (excluding diaryl/α,β-unsaturated/α-hetero) is 1. The highest BCUT2D eigenvalue weighted by Crippen LogP contribution is 2.29. The summed E-state index contributed by atoms with van der Waals surface area (Å²) in [5.74, 6) is 1.13. The van der Waals surface area contributed by atoms with Crippen LogP contribution in [0.15, 0.2) is 69.9 Å². The molecule has 2 aromatic carbocycles. The molecular formula is C23H18O7. The van der Waals surface area contributed by atoms with Crippen molar-refractivity contribution in [1.82, 2.24) is 0 Å². The zero-order valence-corrected chi connectivity index (χ0v) is 16.3. The molecule has 0 saturated heterocycles. The van der Waals surface area contributed by atoms with Crippen molar-refractivity contribution in [2.45, 2.75) is 0 Å². The molecule has 2 heterocycles. The van der Waals surface area contributed by atoms with E-state index in [0.717, 1.165) is 0 Å². The second-order valence-corrected chi connectivity index (χ2v) is 6.40. The second-order valence-electron chi connectivity index (χ2n) is 6.40. The van der Waals surface area contributed by atoms with Gasteiger partial charge in [-0.1, -0.05) is 0 Å². The lowest BCUT2D eigenvalue weighted by Gasteiger charge is -2.10. The Kier molecular flexibility index (Phi) is 5.26. The monoisotopic (exact) mass is 406 g/mol. The summed E-state index contributed by atoms with van der Waals surface area (Å²) in [5, 5.41) is 0.576. The van der Waals surface area contributed by atoms with Crippen molar-refractivity contribution in [1.29, 1.82) is 0 Å². The van der Waals surface area contributed by atoms with Gasteiger partial charge in [0.1, 0.15) is 17.6 Å². The van der Waals surface area contributed by atoms with E-state index in [1.165, 1.54) is 26.7 Å². The second kappa shape index (κ2) is 8.16. The van der Waals surface area contributed by atoms with Crippen molar-refractivity contribution in [2.75, 3.05) is 20.8 Å². The third-order valence-corrected chi connectivity index (χ3v) is 4.61. The molecule has 0 spiro atoms. The van der Waals surface area contributed by atoms with Crippen LogP contribution in [0.25, 0.3) is 11.0 Å². The molecule has 0 atom stereocenters. The third-order valence-electron chi connectivity index (χ3n) is 4.61. The average Bonchev–Trinajstić information content (AvgIpc) is 3.46. The van der Waals surface area contributed by atoms with E-state index in [4.69, 9.17) is 23.0 Å². The van der Waals surface area contributed by atoms with Gasteiger partial charge in [0.2, 0.25) is 5.78 Å². The van der Waals surface area contributed by atoms with Gasteiger partial charge < -0.3 is 23.0 Å². The number of furan rings is 2. The molecule has 4 aromatic rings. The third kappa shape index (κ3) is 3.65. The SMILES string of the molecule is COc1ccc(C(=O)COc2ccc3occ(C(=O)c4ccco4)c3c2)cc1OC. The molecule has 152 valence electrons. The fraction of sp³-hybridized carbons (Fsp3) is 0.130. The minimum atomic E-state index is -0.294. The van der Waals surface area contributed by atoms with E-state index in [2.05, 4.69) is 0 Å². The number of carbonyl (C=O) groups is 2.